The Labute approximate surface area is 180 Å². The standard InChI is InChI=1S/C24H29O4PSi/c1-16-12-18(27-3)14-21(23(16)25)29(30(5,6)20-10-8-7-9-11-20)22-15-19(28-4)13-17(2)24(22)26/h7-15,25-26H,1-6H3. The van der Waals surface area contributed by atoms with Crippen LogP contribution in [0.4, 0.5) is 0 Å². The Bertz CT molecular complexity index is 991. The summed E-state index contributed by atoms with van der Waals surface area (Å²) in [5.41, 5.74) is 1.52. The van der Waals surface area contributed by atoms with Gasteiger partial charge in [-0.25, -0.2) is 0 Å². The monoisotopic (exact) mass is 440 g/mol. The summed E-state index contributed by atoms with van der Waals surface area (Å²) >= 11 is 0. The zero-order valence-corrected chi connectivity index (χ0v) is 20.2. The van der Waals surface area contributed by atoms with Crippen molar-refractivity contribution in [2.45, 2.75) is 26.9 Å². The molecule has 0 aliphatic rings. The maximum atomic E-state index is 11.1. The first-order valence-corrected chi connectivity index (χ1v) is 15.0. The van der Waals surface area contributed by atoms with Crippen molar-refractivity contribution in [2.24, 2.45) is 0 Å². The highest BCUT2D eigenvalue weighted by Gasteiger charge is 2.39. The van der Waals surface area contributed by atoms with Crippen molar-refractivity contribution in [3.05, 3.63) is 65.7 Å². The summed E-state index contributed by atoms with van der Waals surface area (Å²) in [4.78, 5) is 0. The zero-order valence-electron chi connectivity index (χ0n) is 18.4. The van der Waals surface area contributed by atoms with E-state index in [9.17, 15) is 10.2 Å². The van der Waals surface area contributed by atoms with Crippen LogP contribution < -0.4 is 25.3 Å². The van der Waals surface area contributed by atoms with Crippen molar-refractivity contribution < 1.29 is 19.7 Å². The molecule has 0 saturated heterocycles. The number of hydrogen-bond acceptors (Lipinski definition) is 4. The lowest BCUT2D eigenvalue weighted by Crippen LogP contribution is -2.45. The molecule has 0 bridgehead atoms. The normalized spacial score (nSPS) is 11.6. The molecule has 0 aromatic heterocycles. The second-order valence-electron chi connectivity index (χ2n) is 7.88. The lowest BCUT2D eigenvalue weighted by atomic mass is 10.2. The van der Waals surface area contributed by atoms with Gasteiger partial charge in [-0.1, -0.05) is 48.6 Å². The van der Waals surface area contributed by atoms with E-state index < -0.39 is 15.2 Å². The molecule has 0 spiro atoms. The summed E-state index contributed by atoms with van der Waals surface area (Å²) in [6.07, 6.45) is 0. The number of benzene rings is 3. The minimum atomic E-state index is -2.24. The summed E-state index contributed by atoms with van der Waals surface area (Å²) in [6.45, 7) is 8.33. The van der Waals surface area contributed by atoms with E-state index in [1.807, 2.05) is 56.3 Å². The van der Waals surface area contributed by atoms with Crippen LogP contribution in [0, 0.1) is 13.8 Å². The number of aryl methyl sites for hydroxylation is 2. The van der Waals surface area contributed by atoms with Crippen LogP contribution in [0.5, 0.6) is 23.0 Å². The maximum absolute atomic E-state index is 11.1. The molecule has 0 heterocycles. The third kappa shape index (κ3) is 4.05. The van der Waals surface area contributed by atoms with E-state index in [4.69, 9.17) is 9.47 Å². The second kappa shape index (κ2) is 8.71. The van der Waals surface area contributed by atoms with Gasteiger partial charge in [0.2, 0.25) is 0 Å². The molecule has 3 aromatic carbocycles. The van der Waals surface area contributed by atoms with Gasteiger partial charge in [0.25, 0.3) is 0 Å². The molecule has 3 aromatic rings. The first-order chi connectivity index (χ1) is 14.2. The Hall–Kier alpha value is -2.49. The van der Waals surface area contributed by atoms with Crippen molar-refractivity contribution in [1.29, 1.82) is 0 Å². The number of phenolic OH excluding ortho intramolecular Hbond substituents is 2. The van der Waals surface area contributed by atoms with Gasteiger partial charge in [-0.15, -0.1) is 0 Å². The Morgan fingerprint density at radius 2 is 1.17 bits per heavy atom. The first-order valence-electron chi connectivity index (χ1n) is 9.81. The van der Waals surface area contributed by atoms with Crippen molar-refractivity contribution in [3.63, 3.8) is 0 Å². The maximum Gasteiger partial charge on any atom is 0.126 e. The molecule has 0 fully saturated rings. The summed E-state index contributed by atoms with van der Waals surface area (Å²) in [5.74, 6) is 1.92. The molecule has 0 radical (unpaired) electrons. The Kier molecular flexibility index (Phi) is 6.44. The van der Waals surface area contributed by atoms with Crippen LogP contribution >= 0.6 is 7.47 Å². The fourth-order valence-electron chi connectivity index (χ4n) is 3.74. The van der Waals surface area contributed by atoms with E-state index in [0.717, 1.165) is 21.7 Å². The third-order valence-corrected chi connectivity index (χ3v) is 15.6. The lowest BCUT2D eigenvalue weighted by molar-refractivity contribution is 0.412. The summed E-state index contributed by atoms with van der Waals surface area (Å²) in [6, 6.07) is 17.9. The van der Waals surface area contributed by atoms with Gasteiger partial charge in [-0.05, 0) is 56.7 Å². The minimum Gasteiger partial charge on any atom is -0.507 e. The second-order valence-corrected chi connectivity index (χ2v) is 17.9. The topological polar surface area (TPSA) is 58.9 Å². The number of ether oxygens (including phenoxy) is 2. The summed E-state index contributed by atoms with van der Waals surface area (Å²) in [7, 11) is -0.0868. The fourth-order valence-corrected chi connectivity index (χ4v) is 13.6. The van der Waals surface area contributed by atoms with E-state index in [1.165, 1.54) is 5.19 Å². The van der Waals surface area contributed by atoms with Gasteiger partial charge >= 0.3 is 0 Å². The van der Waals surface area contributed by atoms with Crippen LogP contribution in [0.2, 0.25) is 13.1 Å². The van der Waals surface area contributed by atoms with E-state index in [0.29, 0.717) is 11.5 Å². The van der Waals surface area contributed by atoms with Crippen molar-refractivity contribution in [2.75, 3.05) is 14.2 Å². The fraction of sp³-hybridized carbons (Fsp3) is 0.250. The molecule has 0 atom stereocenters. The smallest absolute Gasteiger partial charge is 0.126 e. The van der Waals surface area contributed by atoms with Crippen molar-refractivity contribution in [3.8, 4) is 23.0 Å². The molecule has 0 aliphatic carbocycles. The van der Waals surface area contributed by atoms with E-state index in [-0.39, 0.29) is 11.5 Å². The molecule has 4 nitrogen and oxygen atoms in total. The zero-order chi connectivity index (χ0) is 22.1. The van der Waals surface area contributed by atoms with Crippen LogP contribution in [-0.2, 0) is 0 Å². The number of hydrogen-bond donors (Lipinski definition) is 2. The van der Waals surface area contributed by atoms with Gasteiger partial charge in [-0.3, -0.25) is 0 Å². The lowest BCUT2D eigenvalue weighted by Gasteiger charge is -2.36. The quantitative estimate of drug-likeness (QED) is 0.444. The molecule has 0 amide bonds. The van der Waals surface area contributed by atoms with Gasteiger partial charge in [0.15, 0.2) is 0 Å². The van der Waals surface area contributed by atoms with E-state index in [2.05, 4.69) is 25.2 Å². The van der Waals surface area contributed by atoms with Crippen LogP contribution in [-0.4, -0.2) is 32.2 Å². The first kappa shape index (κ1) is 22.2. The Morgan fingerprint density at radius 1 is 0.733 bits per heavy atom. The van der Waals surface area contributed by atoms with Gasteiger partial charge in [-0.2, -0.15) is 0 Å². The van der Waals surface area contributed by atoms with E-state index in [1.54, 1.807) is 14.2 Å². The third-order valence-electron chi connectivity index (χ3n) is 5.50. The largest absolute Gasteiger partial charge is 0.507 e. The molecule has 30 heavy (non-hydrogen) atoms. The minimum absolute atomic E-state index is 0.262. The average Bonchev–Trinajstić information content (AvgIpc) is 2.74. The molecule has 0 saturated carbocycles. The van der Waals surface area contributed by atoms with Gasteiger partial charge in [0.05, 0.1) is 14.2 Å². The highest BCUT2D eigenvalue weighted by Crippen LogP contribution is 2.50. The Morgan fingerprint density at radius 3 is 1.57 bits per heavy atom. The highest BCUT2D eigenvalue weighted by molar-refractivity contribution is 8.06. The van der Waals surface area contributed by atoms with Crippen molar-refractivity contribution >= 4 is 31.0 Å². The van der Waals surface area contributed by atoms with Crippen LogP contribution in [0.3, 0.4) is 0 Å². The molecule has 158 valence electrons. The SMILES string of the molecule is COc1cc(C)c(O)c(P(c2cc(OC)cc(C)c2O)[Si](C)(C)c2ccccc2)c1. The van der Waals surface area contributed by atoms with Gasteiger partial charge in [0.1, 0.15) is 30.7 Å². The Balaban J connectivity index is 2.38. The number of methoxy groups -OCH3 is 2. The molecular formula is C24H29O4PSi. The van der Waals surface area contributed by atoms with Crippen LogP contribution in [0.1, 0.15) is 11.1 Å². The molecule has 0 unspecified atom stereocenters. The molecular weight excluding hydrogens is 411 g/mol. The number of rotatable bonds is 6. The van der Waals surface area contributed by atoms with Gasteiger partial charge < -0.3 is 19.7 Å². The predicted octanol–water partition coefficient (Wildman–Crippen LogP) is 4.28. The van der Waals surface area contributed by atoms with E-state index >= 15 is 0 Å². The number of phenols is 2. The van der Waals surface area contributed by atoms with Crippen molar-refractivity contribution in [1.82, 2.24) is 0 Å². The molecule has 2 N–H and O–H groups in total. The number of aromatic hydroxyl groups is 2. The average molecular weight is 441 g/mol. The summed E-state index contributed by atoms with van der Waals surface area (Å²) in [5, 5.41) is 25.1. The highest BCUT2D eigenvalue weighted by atomic mass is 31.4. The molecule has 3 rings (SSSR count). The molecule has 0 aliphatic heterocycles. The summed E-state index contributed by atoms with van der Waals surface area (Å²) < 4.78 is 11.0. The predicted molar refractivity (Wildman–Crippen MR) is 129 cm³/mol. The van der Waals surface area contributed by atoms with Crippen LogP contribution in [0.15, 0.2) is 54.6 Å². The van der Waals surface area contributed by atoms with Gasteiger partial charge in [0, 0.05) is 10.6 Å². The van der Waals surface area contributed by atoms with Crippen LogP contribution in [0.25, 0.3) is 0 Å². The molecule has 6 heteroatoms.